The minimum Gasteiger partial charge on any atom is -0.378 e. The molecule has 1 saturated heterocycles. The summed E-state index contributed by atoms with van der Waals surface area (Å²) in [7, 11) is 0. The third-order valence-electron chi connectivity index (χ3n) is 2.77. The van der Waals surface area contributed by atoms with Crippen LogP contribution in [0.1, 0.15) is 26.3 Å². The Morgan fingerprint density at radius 2 is 1.72 bits per heavy atom. The normalized spacial score (nSPS) is 14.7. The number of carbonyl (C=O) groups is 1. The van der Waals surface area contributed by atoms with Crippen LogP contribution in [0.5, 0.6) is 0 Å². The first kappa shape index (κ1) is 14.7. The van der Waals surface area contributed by atoms with Gasteiger partial charge in [0.05, 0.1) is 13.2 Å². The number of Topliss-reactive ketones (excluding diaryl/α,β-unsaturated/α-hetero) is 1. The Morgan fingerprint density at radius 1 is 1.17 bits per heavy atom. The van der Waals surface area contributed by atoms with Crippen molar-refractivity contribution in [1.29, 1.82) is 0 Å². The van der Waals surface area contributed by atoms with Crippen molar-refractivity contribution in [2.45, 2.75) is 27.2 Å². The Bertz CT molecular complexity index is 353. The van der Waals surface area contributed by atoms with E-state index in [-0.39, 0.29) is 5.78 Å². The molecule has 2 rings (SSSR count). The van der Waals surface area contributed by atoms with E-state index in [1.165, 1.54) is 5.69 Å². The van der Waals surface area contributed by atoms with Gasteiger partial charge in [-0.15, -0.1) is 0 Å². The molecule has 0 spiro atoms. The summed E-state index contributed by atoms with van der Waals surface area (Å²) < 4.78 is 5.31. The molecule has 1 aromatic carbocycles. The zero-order valence-electron chi connectivity index (χ0n) is 11.6. The molecule has 1 aliphatic rings. The molecule has 3 heteroatoms. The van der Waals surface area contributed by atoms with Crippen LogP contribution in [0, 0.1) is 0 Å². The number of benzene rings is 1. The van der Waals surface area contributed by atoms with Crippen molar-refractivity contribution in [3.05, 3.63) is 29.8 Å². The number of anilines is 1. The SMILES string of the molecule is CC.CC(=O)Cc1ccc(N2CCOCC2)cc1. The van der Waals surface area contributed by atoms with Crippen LogP contribution >= 0.6 is 0 Å². The van der Waals surface area contributed by atoms with Crippen molar-refractivity contribution >= 4 is 11.5 Å². The number of hydrogen-bond donors (Lipinski definition) is 0. The number of ether oxygens (including phenoxy) is 1. The standard InChI is InChI=1S/C13H17NO2.C2H6/c1-11(15)10-12-2-4-13(5-3-12)14-6-8-16-9-7-14;1-2/h2-5H,6-10H2,1H3;1-2H3. The van der Waals surface area contributed by atoms with E-state index in [9.17, 15) is 4.79 Å². The highest BCUT2D eigenvalue weighted by Gasteiger charge is 2.10. The molecule has 0 unspecified atom stereocenters. The molecule has 0 N–H and O–H groups in total. The summed E-state index contributed by atoms with van der Waals surface area (Å²) in [4.78, 5) is 13.3. The highest BCUT2D eigenvalue weighted by Crippen LogP contribution is 2.16. The summed E-state index contributed by atoms with van der Waals surface area (Å²) in [6.07, 6.45) is 0.531. The summed E-state index contributed by atoms with van der Waals surface area (Å²) in [6, 6.07) is 8.24. The minimum absolute atomic E-state index is 0.208. The second-order valence-corrected chi connectivity index (χ2v) is 4.14. The molecule has 1 aromatic rings. The van der Waals surface area contributed by atoms with Crippen LogP contribution in [0.2, 0.25) is 0 Å². The van der Waals surface area contributed by atoms with Crippen LogP contribution in [0.3, 0.4) is 0 Å². The zero-order chi connectivity index (χ0) is 13.4. The van der Waals surface area contributed by atoms with E-state index < -0.39 is 0 Å². The topological polar surface area (TPSA) is 29.5 Å². The van der Waals surface area contributed by atoms with Crippen molar-refractivity contribution in [2.75, 3.05) is 31.2 Å². The number of morpholine rings is 1. The lowest BCUT2D eigenvalue weighted by Gasteiger charge is -2.28. The molecule has 0 atom stereocenters. The van der Waals surface area contributed by atoms with Crippen molar-refractivity contribution in [3.8, 4) is 0 Å². The lowest BCUT2D eigenvalue weighted by atomic mass is 10.1. The maximum atomic E-state index is 11.0. The smallest absolute Gasteiger partial charge is 0.134 e. The molecule has 0 amide bonds. The fraction of sp³-hybridized carbons (Fsp3) is 0.533. The average molecular weight is 249 g/mol. The number of nitrogens with zero attached hydrogens (tertiary/aromatic N) is 1. The van der Waals surface area contributed by atoms with Crippen molar-refractivity contribution in [3.63, 3.8) is 0 Å². The Labute approximate surface area is 110 Å². The largest absolute Gasteiger partial charge is 0.378 e. The van der Waals surface area contributed by atoms with Gasteiger partial charge in [0.25, 0.3) is 0 Å². The first-order chi connectivity index (χ1) is 8.75. The second-order valence-electron chi connectivity index (χ2n) is 4.14. The van der Waals surface area contributed by atoms with Crippen LogP contribution in [0.4, 0.5) is 5.69 Å². The van der Waals surface area contributed by atoms with E-state index in [0.717, 1.165) is 31.9 Å². The molecular formula is C15H23NO2. The van der Waals surface area contributed by atoms with Gasteiger partial charge in [0.2, 0.25) is 0 Å². The fourth-order valence-electron chi connectivity index (χ4n) is 1.93. The summed E-state index contributed by atoms with van der Waals surface area (Å²) in [6.45, 7) is 9.12. The summed E-state index contributed by atoms with van der Waals surface area (Å²) in [5, 5.41) is 0. The van der Waals surface area contributed by atoms with Crippen molar-refractivity contribution < 1.29 is 9.53 Å². The molecule has 0 aliphatic carbocycles. The Balaban J connectivity index is 0.000000771. The number of ketones is 1. The predicted molar refractivity (Wildman–Crippen MR) is 75.2 cm³/mol. The Morgan fingerprint density at radius 3 is 2.22 bits per heavy atom. The summed E-state index contributed by atoms with van der Waals surface area (Å²) >= 11 is 0. The summed E-state index contributed by atoms with van der Waals surface area (Å²) in [5.74, 6) is 0.208. The van der Waals surface area contributed by atoms with Gasteiger partial charge in [0.15, 0.2) is 0 Å². The van der Waals surface area contributed by atoms with Crippen LogP contribution < -0.4 is 4.90 Å². The van der Waals surface area contributed by atoms with E-state index >= 15 is 0 Å². The molecule has 1 heterocycles. The van der Waals surface area contributed by atoms with Gasteiger partial charge in [-0.2, -0.15) is 0 Å². The molecule has 1 aliphatic heterocycles. The van der Waals surface area contributed by atoms with Crippen molar-refractivity contribution in [2.24, 2.45) is 0 Å². The fourth-order valence-corrected chi connectivity index (χ4v) is 1.93. The molecule has 0 saturated carbocycles. The van der Waals surface area contributed by atoms with Gasteiger partial charge < -0.3 is 9.64 Å². The van der Waals surface area contributed by atoms with E-state index in [2.05, 4.69) is 17.0 Å². The van der Waals surface area contributed by atoms with Crippen LogP contribution in [-0.4, -0.2) is 32.1 Å². The quantitative estimate of drug-likeness (QED) is 0.825. The molecule has 3 nitrogen and oxygen atoms in total. The Hall–Kier alpha value is -1.35. The first-order valence-corrected chi connectivity index (χ1v) is 6.67. The predicted octanol–water partition coefficient (Wildman–Crippen LogP) is 2.68. The molecule has 100 valence electrons. The van der Waals surface area contributed by atoms with E-state index in [0.29, 0.717) is 6.42 Å². The molecule has 18 heavy (non-hydrogen) atoms. The molecule has 0 bridgehead atoms. The number of rotatable bonds is 3. The zero-order valence-corrected chi connectivity index (χ0v) is 11.6. The third-order valence-corrected chi connectivity index (χ3v) is 2.77. The molecular weight excluding hydrogens is 226 g/mol. The van der Waals surface area contributed by atoms with Gasteiger partial charge in [0.1, 0.15) is 5.78 Å². The van der Waals surface area contributed by atoms with E-state index in [1.807, 2.05) is 26.0 Å². The maximum Gasteiger partial charge on any atom is 0.134 e. The molecule has 0 aromatic heterocycles. The number of hydrogen-bond acceptors (Lipinski definition) is 3. The van der Waals surface area contributed by atoms with Crippen molar-refractivity contribution in [1.82, 2.24) is 0 Å². The minimum atomic E-state index is 0.208. The summed E-state index contributed by atoms with van der Waals surface area (Å²) in [5.41, 5.74) is 2.31. The van der Waals surface area contributed by atoms with Crippen LogP contribution in [-0.2, 0) is 16.0 Å². The van der Waals surface area contributed by atoms with Crippen LogP contribution in [0.15, 0.2) is 24.3 Å². The molecule has 0 radical (unpaired) electrons. The monoisotopic (exact) mass is 249 g/mol. The van der Waals surface area contributed by atoms with Crippen LogP contribution in [0.25, 0.3) is 0 Å². The lowest BCUT2D eigenvalue weighted by Crippen LogP contribution is -2.36. The lowest BCUT2D eigenvalue weighted by molar-refractivity contribution is -0.116. The van der Waals surface area contributed by atoms with Gasteiger partial charge in [-0.1, -0.05) is 26.0 Å². The van der Waals surface area contributed by atoms with Gasteiger partial charge in [0, 0.05) is 25.2 Å². The average Bonchev–Trinajstić information content (AvgIpc) is 2.42. The highest BCUT2D eigenvalue weighted by molar-refractivity contribution is 5.78. The van der Waals surface area contributed by atoms with Gasteiger partial charge in [-0.05, 0) is 24.6 Å². The van der Waals surface area contributed by atoms with E-state index in [4.69, 9.17) is 4.74 Å². The Kier molecular flexibility index (Phi) is 6.44. The van der Waals surface area contributed by atoms with E-state index in [1.54, 1.807) is 6.92 Å². The van der Waals surface area contributed by atoms with Gasteiger partial charge in [-0.25, -0.2) is 0 Å². The maximum absolute atomic E-state index is 11.0. The van der Waals surface area contributed by atoms with Gasteiger partial charge >= 0.3 is 0 Å². The third kappa shape index (κ3) is 4.49. The highest BCUT2D eigenvalue weighted by atomic mass is 16.5. The second kappa shape index (κ2) is 7.88. The van der Waals surface area contributed by atoms with Gasteiger partial charge in [-0.3, -0.25) is 4.79 Å². The first-order valence-electron chi connectivity index (χ1n) is 6.67. The number of carbonyl (C=O) groups excluding carboxylic acids is 1. The molecule has 1 fully saturated rings.